The van der Waals surface area contributed by atoms with Crippen molar-refractivity contribution in [3.8, 4) is 0 Å². The summed E-state index contributed by atoms with van der Waals surface area (Å²) in [6.07, 6.45) is 0. The number of hydrogen-bond acceptors (Lipinski definition) is 3. The molecule has 0 fully saturated rings. The average Bonchev–Trinajstić information content (AvgIpc) is 2.37. The summed E-state index contributed by atoms with van der Waals surface area (Å²) in [5.41, 5.74) is 2.32. The summed E-state index contributed by atoms with van der Waals surface area (Å²) in [7, 11) is -3.84. The minimum atomic E-state index is -3.84. The van der Waals surface area contributed by atoms with E-state index in [1.54, 1.807) is 24.3 Å². The van der Waals surface area contributed by atoms with E-state index in [0.717, 1.165) is 5.56 Å². The van der Waals surface area contributed by atoms with E-state index in [2.05, 4.69) is 10.0 Å². The molecule has 1 amide bonds. The normalized spacial score (nSPS) is 11.0. The van der Waals surface area contributed by atoms with Gasteiger partial charge in [-0.25, -0.2) is 5.14 Å². The Morgan fingerprint density at radius 1 is 1.05 bits per heavy atom. The van der Waals surface area contributed by atoms with Gasteiger partial charge in [-0.1, -0.05) is 23.8 Å². The molecule has 0 bridgehead atoms. The van der Waals surface area contributed by atoms with Crippen LogP contribution in [0.5, 0.6) is 0 Å². The van der Waals surface area contributed by atoms with Crippen LogP contribution < -0.4 is 15.2 Å². The first-order valence-corrected chi connectivity index (χ1v) is 7.67. The van der Waals surface area contributed by atoms with Crippen molar-refractivity contribution >= 4 is 27.5 Å². The Kier molecular flexibility index (Phi) is 4.25. The van der Waals surface area contributed by atoms with Crippen molar-refractivity contribution < 1.29 is 13.2 Å². The zero-order valence-corrected chi connectivity index (χ0v) is 12.1. The zero-order valence-electron chi connectivity index (χ0n) is 11.3. The maximum absolute atomic E-state index is 12.0. The Balaban J connectivity index is 2.14. The topological polar surface area (TPSA) is 101 Å². The molecule has 4 N–H and O–H groups in total. The maximum Gasteiger partial charge on any atom is 0.296 e. The summed E-state index contributed by atoms with van der Waals surface area (Å²) in [6, 6.07) is 13.4. The first kappa shape index (κ1) is 15.0. The van der Waals surface area contributed by atoms with Gasteiger partial charge in [0.1, 0.15) is 0 Å². The molecular formula is C14H15N3O3S. The molecular weight excluding hydrogens is 290 g/mol. The van der Waals surface area contributed by atoms with E-state index in [1.165, 1.54) is 12.1 Å². The molecule has 2 aromatic carbocycles. The third kappa shape index (κ3) is 4.59. The van der Waals surface area contributed by atoms with Crippen molar-refractivity contribution in [3.05, 3.63) is 59.7 Å². The second kappa shape index (κ2) is 5.94. The van der Waals surface area contributed by atoms with Gasteiger partial charge in [0.05, 0.1) is 5.69 Å². The van der Waals surface area contributed by atoms with Crippen LogP contribution in [0.3, 0.4) is 0 Å². The van der Waals surface area contributed by atoms with Crippen molar-refractivity contribution in [2.75, 3.05) is 10.0 Å². The van der Waals surface area contributed by atoms with Crippen molar-refractivity contribution in [1.29, 1.82) is 0 Å². The molecule has 21 heavy (non-hydrogen) atoms. The van der Waals surface area contributed by atoms with Crippen molar-refractivity contribution in [2.45, 2.75) is 6.92 Å². The van der Waals surface area contributed by atoms with Gasteiger partial charge in [0.25, 0.3) is 16.1 Å². The van der Waals surface area contributed by atoms with Crippen LogP contribution in [0.2, 0.25) is 0 Å². The summed E-state index contributed by atoms with van der Waals surface area (Å²) >= 11 is 0. The molecule has 2 rings (SSSR count). The number of amides is 1. The average molecular weight is 305 g/mol. The number of benzene rings is 2. The number of anilines is 2. The fourth-order valence-electron chi connectivity index (χ4n) is 1.73. The van der Waals surface area contributed by atoms with Crippen molar-refractivity contribution in [3.63, 3.8) is 0 Å². The van der Waals surface area contributed by atoms with Gasteiger partial charge in [0, 0.05) is 11.3 Å². The molecule has 7 heteroatoms. The Labute approximate surface area is 123 Å². The third-order valence-electron chi connectivity index (χ3n) is 2.69. The van der Waals surface area contributed by atoms with Crippen LogP contribution in [-0.4, -0.2) is 14.3 Å². The number of aryl methyl sites for hydroxylation is 1. The van der Waals surface area contributed by atoms with Gasteiger partial charge in [-0.3, -0.25) is 9.52 Å². The van der Waals surface area contributed by atoms with Gasteiger partial charge < -0.3 is 5.32 Å². The Morgan fingerprint density at radius 3 is 2.29 bits per heavy atom. The van der Waals surface area contributed by atoms with Crippen molar-refractivity contribution in [1.82, 2.24) is 0 Å². The second-order valence-corrected chi connectivity index (χ2v) is 5.84. The van der Waals surface area contributed by atoms with Crippen molar-refractivity contribution in [2.24, 2.45) is 5.14 Å². The largest absolute Gasteiger partial charge is 0.322 e. The van der Waals surface area contributed by atoms with Gasteiger partial charge in [0.2, 0.25) is 0 Å². The number of nitrogens with one attached hydrogen (secondary N) is 2. The van der Waals surface area contributed by atoms with Crippen LogP contribution in [0.4, 0.5) is 11.4 Å². The molecule has 0 aromatic heterocycles. The van der Waals surface area contributed by atoms with Gasteiger partial charge >= 0.3 is 0 Å². The summed E-state index contributed by atoms with van der Waals surface area (Å²) in [5, 5.41) is 7.59. The van der Waals surface area contributed by atoms with E-state index in [1.807, 2.05) is 19.1 Å². The number of nitrogens with two attached hydrogens (primary N) is 1. The predicted molar refractivity (Wildman–Crippen MR) is 82.3 cm³/mol. The summed E-state index contributed by atoms with van der Waals surface area (Å²) in [6.45, 7) is 1.93. The molecule has 0 saturated heterocycles. The fourth-order valence-corrected chi connectivity index (χ4v) is 2.19. The van der Waals surface area contributed by atoms with Crippen LogP contribution in [0.15, 0.2) is 48.5 Å². The number of rotatable bonds is 4. The van der Waals surface area contributed by atoms with E-state index in [9.17, 15) is 13.2 Å². The highest BCUT2D eigenvalue weighted by Crippen LogP contribution is 2.16. The molecule has 2 aromatic rings. The Bertz CT molecular complexity index is 755. The van der Waals surface area contributed by atoms with E-state index >= 15 is 0 Å². The molecule has 0 radical (unpaired) electrons. The molecule has 0 unspecified atom stereocenters. The lowest BCUT2D eigenvalue weighted by molar-refractivity contribution is 0.102. The molecule has 110 valence electrons. The summed E-state index contributed by atoms with van der Waals surface area (Å²) < 4.78 is 24.1. The molecule has 0 atom stereocenters. The zero-order chi connectivity index (χ0) is 15.5. The molecule has 0 aliphatic rings. The molecule has 6 nitrogen and oxygen atoms in total. The van der Waals surface area contributed by atoms with E-state index in [-0.39, 0.29) is 11.6 Å². The number of carbonyl (C=O) groups excluding carboxylic acids is 1. The minimum absolute atomic E-state index is 0.275. The molecule has 0 aliphatic heterocycles. The fraction of sp³-hybridized carbons (Fsp3) is 0.0714. The van der Waals surface area contributed by atoms with E-state index in [0.29, 0.717) is 11.3 Å². The Morgan fingerprint density at radius 2 is 1.67 bits per heavy atom. The monoisotopic (exact) mass is 305 g/mol. The minimum Gasteiger partial charge on any atom is -0.322 e. The van der Waals surface area contributed by atoms with Gasteiger partial charge in [0.15, 0.2) is 0 Å². The van der Waals surface area contributed by atoms with E-state index in [4.69, 9.17) is 5.14 Å². The number of carbonyl (C=O) groups is 1. The molecule has 0 saturated carbocycles. The van der Waals surface area contributed by atoms with Gasteiger partial charge in [-0.2, -0.15) is 8.42 Å². The van der Waals surface area contributed by atoms with E-state index < -0.39 is 10.2 Å². The third-order valence-corrected chi connectivity index (χ3v) is 3.21. The number of hydrogen-bond donors (Lipinski definition) is 3. The lowest BCUT2D eigenvalue weighted by Crippen LogP contribution is -2.21. The van der Waals surface area contributed by atoms with Crippen LogP contribution in [-0.2, 0) is 10.2 Å². The first-order chi connectivity index (χ1) is 9.83. The van der Waals surface area contributed by atoms with Gasteiger partial charge in [-0.05, 0) is 37.3 Å². The highest BCUT2D eigenvalue weighted by atomic mass is 32.2. The quantitative estimate of drug-likeness (QED) is 0.803. The molecule has 0 spiro atoms. The molecule has 0 heterocycles. The van der Waals surface area contributed by atoms with Crippen LogP contribution in [0.1, 0.15) is 15.9 Å². The highest BCUT2D eigenvalue weighted by molar-refractivity contribution is 7.90. The predicted octanol–water partition coefficient (Wildman–Crippen LogP) is 1.86. The SMILES string of the molecule is Cc1ccc(C(=O)Nc2cccc(NS(N)(=O)=O)c2)cc1. The first-order valence-electron chi connectivity index (χ1n) is 6.12. The summed E-state index contributed by atoms with van der Waals surface area (Å²) in [5.74, 6) is -0.275. The smallest absolute Gasteiger partial charge is 0.296 e. The lowest BCUT2D eigenvalue weighted by Gasteiger charge is -2.08. The summed E-state index contributed by atoms with van der Waals surface area (Å²) in [4.78, 5) is 12.0. The van der Waals surface area contributed by atoms with Crippen LogP contribution in [0.25, 0.3) is 0 Å². The second-order valence-electron chi connectivity index (χ2n) is 4.55. The lowest BCUT2D eigenvalue weighted by atomic mass is 10.1. The standard InChI is InChI=1S/C14H15N3O3S/c1-10-5-7-11(8-6-10)14(18)16-12-3-2-4-13(9-12)17-21(15,19)20/h2-9,17H,1H3,(H,16,18)(H2,15,19,20). The van der Waals surface area contributed by atoms with Gasteiger partial charge in [-0.15, -0.1) is 0 Å². The molecule has 0 aliphatic carbocycles. The maximum atomic E-state index is 12.0. The van der Waals surface area contributed by atoms with Crippen LogP contribution in [0, 0.1) is 6.92 Å². The highest BCUT2D eigenvalue weighted by Gasteiger charge is 2.07. The van der Waals surface area contributed by atoms with Crippen LogP contribution >= 0.6 is 0 Å². The Hall–Kier alpha value is -2.38.